The maximum absolute atomic E-state index is 11.7. The normalized spacial score (nSPS) is 27.6. The number of ether oxygens (including phenoxy) is 2. The molecule has 2 aromatic rings. The van der Waals surface area contributed by atoms with E-state index < -0.39 is 23.8 Å². The number of nitrogens with zero attached hydrogens (tertiary/aromatic N) is 2. The second-order valence-corrected chi connectivity index (χ2v) is 9.39. The summed E-state index contributed by atoms with van der Waals surface area (Å²) in [7, 11) is 0. The SMILES string of the molecule is CC[C@H]1C[C@@H](n2cc(C)c(=O)[nH]c2=O)O[C@@H]1CO.CC[C@H]1C[C@H](n2cc(C)c(=O)[nH]c2=O)O[C@@H]1CO. The number of aromatic nitrogens is 4. The number of aromatic amines is 2. The molecular formula is C24H36N4O8. The Morgan fingerprint density at radius 2 is 1.14 bits per heavy atom. The molecule has 2 fully saturated rings. The fraction of sp³-hybridized carbons (Fsp3) is 0.667. The van der Waals surface area contributed by atoms with Crippen LogP contribution in [-0.4, -0.2) is 54.7 Å². The molecule has 2 aliphatic rings. The molecule has 2 saturated heterocycles. The summed E-state index contributed by atoms with van der Waals surface area (Å²) < 4.78 is 14.1. The smallest absolute Gasteiger partial charge is 0.330 e. The third kappa shape index (κ3) is 5.94. The Hall–Kier alpha value is -2.80. The van der Waals surface area contributed by atoms with E-state index in [1.165, 1.54) is 21.5 Å². The summed E-state index contributed by atoms with van der Waals surface area (Å²) in [4.78, 5) is 50.6. The fourth-order valence-corrected chi connectivity index (χ4v) is 4.76. The van der Waals surface area contributed by atoms with Gasteiger partial charge in [0.05, 0.1) is 25.4 Å². The summed E-state index contributed by atoms with van der Waals surface area (Å²) in [6.07, 6.45) is 4.86. The van der Waals surface area contributed by atoms with E-state index in [0.717, 1.165) is 12.8 Å². The van der Waals surface area contributed by atoms with Crippen LogP contribution in [0.2, 0.25) is 0 Å². The van der Waals surface area contributed by atoms with Crippen LogP contribution in [0.5, 0.6) is 0 Å². The van der Waals surface area contributed by atoms with E-state index >= 15 is 0 Å². The van der Waals surface area contributed by atoms with Crippen molar-refractivity contribution in [2.45, 2.75) is 78.0 Å². The minimum absolute atomic E-state index is 0.0495. The molecular weight excluding hydrogens is 472 g/mol. The average molecular weight is 509 g/mol. The van der Waals surface area contributed by atoms with Gasteiger partial charge in [0.1, 0.15) is 12.5 Å². The zero-order valence-corrected chi connectivity index (χ0v) is 21.1. The second kappa shape index (κ2) is 12.0. The van der Waals surface area contributed by atoms with Crippen LogP contribution < -0.4 is 22.5 Å². The molecule has 200 valence electrons. The molecule has 12 nitrogen and oxygen atoms in total. The number of aliphatic hydroxyl groups excluding tert-OH is 2. The van der Waals surface area contributed by atoms with Gasteiger partial charge in [-0.25, -0.2) is 9.59 Å². The largest absolute Gasteiger partial charge is 0.394 e. The van der Waals surface area contributed by atoms with E-state index in [0.29, 0.717) is 24.0 Å². The van der Waals surface area contributed by atoms with Crippen LogP contribution in [0.1, 0.15) is 63.1 Å². The van der Waals surface area contributed by atoms with Gasteiger partial charge in [-0.2, -0.15) is 0 Å². The molecule has 2 aromatic heterocycles. The van der Waals surface area contributed by atoms with Gasteiger partial charge in [0, 0.05) is 23.5 Å². The van der Waals surface area contributed by atoms with Gasteiger partial charge in [0.15, 0.2) is 0 Å². The molecule has 6 atom stereocenters. The molecule has 0 amide bonds. The third-order valence-electron chi connectivity index (χ3n) is 7.04. The summed E-state index contributed by atoms with van der Waals surface area (Å²) in [5, 5.41) is 18.5. The maximum Gasteiger partial charge on any atom is 0.330 e. The van der Waals surface area contributed by atoms with E-state index in [9.17, 15) is 29.4 Å². The highest BCUT2D eigenvalue weighted by molar-refractivity contribution is 5.03. The highest BCUT2D eigenvalue weighted by Crippen LogP contribution is 2.35. The molecule has 0 unspecified atom stereocenters. The van der Waals surface area contributed by atoms with Gasteiger partial charge >= 0.3 is 11.4 Å². The molecule has 0 radical (unpaired) electrons. The van der Waals surface area contributed by atoms with Crippen molar-refractivity contribution in [1.82, 2.24) is 19.1 Å². The van der Waals surface area contributed by atoms with Crippen LogP contribution in [-0.2, 0) is 9.47 Å². The van der Waals surface area contributed by atoms with Gasteiger partial charge in [-0.15, -0.1) is 0 Å². The number of rotatable bonds is 6. The molecule has 0 aliphatic carbocycles. The summed E-state index contributed by atoms with van der Waals surface area (Å²) in [6.45, 7) is 7.24. The summed E-state index contributed by atoms with van der Waals surface area (Å²) >= 11 is 0. The van der Waals surface area contributed by atoms with Crippen molar-refractivity contribution >= 4 is 0 Å². The van der Waals surface area contributed by atoms with Crippen molar-refractivity contribution in [2.24, 2.45) is 11.8 Å². The monoisotopic (exact) mass is 508 g/mol. The number of aliphatic hydroxyl groups is 2. The van der Waals surface area contributed by atoms with Crippen molar-refractivity contribution < 1.29 is 19.7 Å². The lowest BCUT2D eigenvalue weighted by molar-refractivity contribution is -0.0329. The van der Waals surface area contributed by atoms with Crippen molar-refractivity contribution in [3.05, 3.63) is 65.2 Å². The van der Waals surface area contributed by atoms with E-state index in [-0.39, 0.29) is 48.4 Å². The molecule has 0 saturated carbocycles. The van der Waals surface area contributed by atoms with Crippen molar-refractivity contribution in [1.29, 1.82) is 0 Å². The first-order valence-corrected chi connectivity index (χ1v) is 12.3. The summed E-state index contributed by atoms with van der Waals surface area (Å²) in [6, 6.07) is 0. The van der Waals surface area contributed by atoms with Gasteiger partial charge in [-0.3, -0.25) is 28.7 Å². The Kier molecular flexibility index (Phi) is 9.23. The zero-order chi connectivity index (χ0) is 26.6. The lowest BCUT2D eigenvalue weighted by Gasteiger charge is -2.15. The lowest BCUT2D eigenvalue weighted by atomic mass is 9.98. The first kappa shape index (κ1) is 27.8. The number of nitrogens with one attached hydrogen (secondary N) is 2. The van der Waals surface area contributed by atoms with Crippen LogP contribution in [0.15, 0.2) is 31.6 Å². The van der Waals surface area contributed by atoms with Gasteiger partial charge < -0.3 is 19.7 Å². The highest BCUT2D eigenvalue weighted by atomic mass is 16.5. The van der Waals surface area contributed by atoms with Crippen LogP contribution in [0.25, 0.3) is 0 Å². The first-order chi connectivity index (χ1) is 17.1. The van der Waals surface area contributed by atoms with Gasteiger partial charge in [0.25, 0.3) is 11.1 Å². The zero-order valence-electron chi connectivity index (χ0n) is 21.1. The van der Waals surface area contributed by atoms with Crippen molar-refractivity contribution in [2.75, 3.05) is 13.2 Å². The minimum atomic E-state index is -0.468. The van der Waals surface area contributed by atoms with E-state index in [2.05, 4.69) is 9.97 Å². The molecule has 0 bridgehead atoms. The van der Waals surface area contributed by atoms with Crippen LogP contribution >= 0.6 is 0 Å². The topological polar surface area (TPSA) is 169 Å². The lowest BCUT2D eigenvalue weighted by Crippen LogP contribution is -2.33. The summed E-state index contributed by atoms with van der Waals surface area (Å²) in [5.41, 5.74) is -0.745. The Morgan fingerprint density at radius 3 is 1.42 bits per heavy atom. The Labute approximate surface area is 207 Å². The molecule has 0 spiro atoms. The second-order valence-electron chi connectivity index (χ2n) is 9.39. The molecule has 2 aliphatic heterocycles. The van der Waals surface area contributed by atoms with Crippen molar-refractivity contribution in [3.63, 3.8) is 0 Å². The standard InChI is InChI=1S/2C12H18N2O4/c2*1-3-8-4-10(18-9(8)6-15)14-5-7(2)11(16)13-12(14)17/h2*5,8-10,15H,3-4,6H2,1-2H3,(H,13,16,17)/t8-,9+,10+;8-,9+,10-/m00/s1. The Balaban J connectivity index is 0.000000201. The number of aryl methyl sites for hydroxylation is 2. The molecule has 4 N–H and O–H groups in total. The molecule has 12 heteroatoms. The van der Waals surface area contributed by atoms with Crippen molar-refractivity contribution in [3.8, 4) is 0 Å². The van der Waals surface area contributed by atoms with E-state index in [1.54, 1.807) is 13.8 Å². The van der Waals surface area contributed by atoms with Crippen LogP contribution in [0.4, 0.5) is 0 Å². The third-order valence-corrected chi connectivity index (χ3v) is 7.04. The Morgan fingerprint density at radius 1 is 0.778 bits per heavy atom. The van der Waals surface area contributed by atoms with Crippen LogP contribution in [0.3, 0.4) is 0 Å². The Bertz CT molecular complexity index is 1140. The molecule has 4 heterocycles. The van der Waals surface area contributed by atoms with Gasteiger partial charge in [-0.05, 0) is 38.5 Å². The number of hydrogen-bond donors (Lipinski definition) is 4. The van der Waals surface area contributed by atoms with Gasteiger partial charge in [0.2, 0.25) is 0 Å². The first-order valence-electron chi connectivity index (χ1n) is 12.3. The molecule has 36 heavy (non-hydrogen) atoms. The highest BCUT2D eigenvalue weighted by Gasteiger charge is 2.36. The molecule has 0 aromatic carbocycles. The summed E-state index contributed by atoms with van der Waals surface area (Å²) in [5.74, 6) is 0.471. The van der Waals surface area contributed by atoms with Gasteiger partial charge in [-0.1, -0.05) is 26.7 Å². The fourth-order valence-electron chi connectivity index (χ4n) is 4.76. The van der Waals surface area contributed by atoms with Crippen LogP contribution in [0, 0.1) is 25.7 Å². The van der Waals surface area contributed by atoms with E-state index in [1.807, 2.05) is 13.8 Å². The predicted molar refractivity (Wildman–Crippen MR) is 131 cm³/mol. The quantitative estimate of drug-likeness (QED) is 0.432. The maximum atomic E-state index is 11.7. The number of hydrogen-bond acceptors (Lipinski definition) is 8. The molecule has 4 rings (SSSR count). The minimum Gasteiger partial charge on any atom is -0.394 e. The average Bonchev–Trinajstić information content (AvgIpc) is 3.47. The predicted octanol–water partition coefficient (Wildman–Crippen LogP) is 0.302. The van der Waals surface area contributed by atoms with E-state index in [4.69, 9.17) is 9.47 Å². The number of H-pyrrole nitrogens is 2.